The number of fused-ring (bicyclic) bond motifs is 2. The molecule has 5 rings (SSSR count). The summed E-state index contributed by atoms with van der Waals surface area (Å²) in [5.74, 6) is -3.78. The van der Waals surface area contributed by atoms with E-state index in [1.54, 1.807) is 24.3 Å². The fourth-order valence-electron chi connectivity index (χ4n) is 6.60. The minimum absolute atomic E-state index is 0.0326. The lowest BCUT2D eigenvalue weighted by Crippen LogP contribution is -2.61. The Kier molecular flexibility index (Phi) is 11.6. The van der Waals surface area contributed by atoms with Crippen LogP contribution in [0, 0.1) is 0 Å². The molecule has 2 fully saturated rings. The van der Waals surface area contributed by atoms with Gasteiger partial charge in [-0.15, -0.1) is 0 Å². The Labute approximate surface area is 302 Å². The van der Waals surface area contributed by atoms with Gasteiger partial charge in [0.15, 0.2) is 0 Å². The molecule has 2 aromatic carbocycles. The van der Waals surface area contributed by atoms with E-state index in [0.29, 0.717) is 12.8 Å². The first-order valence-electron chi connectivity index (χ1n) is 16.8. The van der Waals surface area contributed by atoms with Crippen molar-refractivity contribution in [1.29, 1.82) is 0 Å². The summed E-state index contributed by atoms with van der Waals surface area (Å²) in [5, 5.41) is 8.04. The Morgan fingerprint density at radius 2 is 1.77 bits per heavy atom. The molecule has 1 aromatic heterocycles. The molecule has 4 atom stereocenters. The molecule has 6 amide bonds. The van der Waals surface area contributed by atoms with Gasteiger partial charge >= 0.3 is 13.3 Å². The van der Waals surface area contributed by atoms with Gasteiger partial charge in [0.05, 0.1) is 0 Å². The first-order valence-corrected chi connectivity index (χ1v) is 18.4. The van der Waals surface area contributed by atoms with Crippen LogP contribution in [0.5, 0.6) is 0 Å². The monoisotopic (exact) mass is 759 g/mol. The van der Waals surface area contributed by atoms with Gasteiger partial charge in [0.25, 0.3) is 5.91 Å². The normalized spacial score (nSPS) is 19.9. The highest BCUT2D eigenvalue weighted by atomic mass is 31.2. The summed E-state index contributed by atoms with van der Waals surface area (Å²) >= 11 is 0. The van der Waals surface area contributed by atoms with E-state index in [2.05, 4.69) is 20.9 Å². The number of hydrogen-bond donors (Lipinski definition) is 7. The van der Waals surface area contributed by atoms with Gasteiger partial charge in [0.2, 0.25) is 29.5 Å². The Morgan fingerprint density at radius 1 is 1.06 bits per heavy atom. The number of rotatable bonds is 12. The molecule has 2 saturated heterocycles. The van der Waals surface area contributed by atoms with Crippen molar-refractivity contribution >= 4 is 53.9 Å². The number of nitrogens with zero attached hydrogens (tertiary/aromatic N) is 2. The summed E-state index contributed by atoms with van der Waals surface area (Å²) in [6.07, 6.45) is 0.631. The highest BCUT2D eigenvalue weighted by Gasteiger charge is 2.50. The van der Waals surface area contributed by atoms with Crippen LogP contribution >= 0.6 is 7.60 Å². The maximum absolute atomic E-state index is 14.4. The quantitative estimate of drug-likeness (QED) is 0.131. The zero-order valence-electron chi connectivity index (χ0n) is 28.6. The van der Waals surface area contributed by atoms with Gasteiger partial charge in [0, 0.05) is 55.5 Å². The summed E-state index contributed by atoms with van der Waals surface area (Å²) < 4.78 is 40.1. The van der Waals surface area contributed by atoms with Gasteiger partial charge in [-0.1, -0.05) is 36.4 Å². The predicted octanol–water partition coefficient (Wildman–Crippen LogP) is 1.17. The third-order valence-electron chi connectivity index (χ3n) is 9.44. The van der Waals surface area contributed by atoms with Crippen molar-refractivity contribution in [3.05, 3.63) is 71.4 Å². The van der Waals surface area contributed by atoms with Crippen LogP contribution in [0.2, 0.25) is 0 Å². The minimum Gasteiger partial charge on any atom is -0.370 e. The van der Waals surface area contributed by atoms with E-state index in [0.717, 1.165) is 23.8 Å². The van der Waals surface area contributed by atoms with Gasteiger partial charge in [-0.3, -0.25) is 33.3 Å². The average Bonchev–Trinajstić information content (AvgIpc) is 3.73. The summed E-state index contributed by atoms with van der Waals surface area (Å²) in [7, 11) is -5.85. The lowest BCUT2D eigenvalue weighted by molar-refractivity contribution is -0.145. The van der Waals surface area contributed by atoms with Gasteiger partial charge in [0.1, 0.15) is 23.8 Å². The molecular formula is C34H40F2N7O9P. The van der Waals surface area contributed by atoms with E-state index in [-0.39, 0.29) is 61.4 Å². The minimum atomic E-state index is -5.85. The van der Waals surface area contributed by atoms with Crippen LogP contribution in [0.4, 0.5) is 8.78 Å². The van der Waals surface area contributed by atoms with Gasteiger partial charge in [-0.05, 0) is 49.4 Å². The Morgan fingerprint density at radius 3 is 2.43 bits per heavy atom. The number of nitrogens with two attached hydrogens (primary N) is 1. The highest BCUT2D eigenvalue weighted by molar-refractivity contribution is 7.52. The number of amides is 6. The summed E-state index contributed by atoms with van der Waals surface area (Å²) in [6, 6.07) is 8.88. The van der Waals surface area contributed by atoms with Crippen molar-refractivity contribution in [1.82, 2.24) is 30.7 Å². The molecule has 2 aliphatic heterocycles. The van der Waals surface area contributed by atoms with Crippen LogP contribution in [0.15, 0.2) is 54.6 Å². The maximum atomic E-state index is 14.4. The van der Waals surface area contributed by atoms with E-state index in [1.165, 1.54) is 22.8 Å². The fraction of sp³-hybridized carbons (Fsp3) is 0.412. The third-order valence-corrected chi connectivity index (χ3v) is 10.4. The summed E-state index contributed by atoms with van der Waals surface area (Å²) in [6.45, 7) is 1.42. The molecule has 16 nitrogen and oxygen atoms in total. The molecule has 0 saturated carbocycles. The average molecular weight is 760 g/mol. The summed E-state index contributed by atoms with van der Waals surface area (Å²) in [5.41, 5.74) is 0.694. The van der Waals surface area contributed by atoms with Gasteiger partial charge in [-0.25, -0.2) is 0 Å². The van der Waals surface area contributed by atoms with Crippen molar-refractivity contribution in [3.63, 3.8) is 0 Å². The molecule has 53 heavy (non-hydrogen) atoms. The van der Waals surface area contributed by atoms with Crippen molar-refractivity contribution in [2.24, 2.45) is 5.73 Å². The molecular weight excluding hydrogens is 719 g/mol. The zero-order valence-corrected chi connectivity index (χ0v) is 29.5. The predicted molar refractivity (Wildman–Crippen MR) is 185 cm³/mol. The zero-order chi connectivity index (χ0) is 38.7. The van der Waals surface area contributed by atoms with Crippen LogP contribution < -0.4 is 21.7 Å². The second-order valence-electron chi connectivity index (χ2n) is 13.1. The van der Waals surface area contributed by atoms with E-state index >= 15 is 0 Å². The number of alkyl halides is 2. The highest BCUT2D eigenvalue weighted by Crippen LogP contribution is 2.59. The molecule has 3 heterocycles. The smallest absolute Gasteiger partial charge is 0.370 e. The number of H-pyrrole nitrogens is 1. The molecule has 8 N–H and O–H groups in total. The number of carbonyl (C=O) groups is 6. The van der Waals surface area contributed by atoms with Crippen LogP contribution in [-0.4, -0.2) is 97.3 Å². The van der Waals surface area contributed by atoms with Gasteiger partial charge in [-0.2, -0.15) is 8.78 Å². The molecule has 2 aliphatic rings. The topological polar surface area (TPSA) is 244 Å². The SMILES string of the molecule is CC(=O)N1CC[C@H]2CC[C@@H](C(=O)N[C@@H](CCC(N)=O)C(=O)NCc3ccccc3)N2C(=O)[C@@H](NC(=O)c2cc3cc(C(F)(F)P(=O)(O)O)ccc3[nH]2)C1. The number of benzene rings is 2. The van der Waals surface area contributed by atoms with E-state index < -0.39 is 72.5 Å². The number of nitrogens with one attached hydrogen (secondary N) is 4. The van der Waals surface area contributed by atoms with Crippen LogP contribution in [0.25, 0.3) is 10.9 Å². The van der Waals surface area contributed by atoms with Gasteiger partial charge < -0.3 is 46.3 Å². The number of carbonyl (C=O) groups excluding carboxylic acids is 6. The van der Waals surface area contributed by atoms with Crippen molar-refractivity contribution in [2.75, 3.05) is 13.1 Å². The van der Waals surface area contributed by atoms with Crippen molar-refractivity contribution < 1.29 is 51.9 Å². The van der Waals surface area contributed by atoms with Crippen molar-refractivity contribution in [2.45, 2.75) is 75.4 Å². The Bertz CT molecular complexity index is 1950. The van der Waals surface area contributed by atoms with E-state index in [4.69, 9.17) is 15.5 Å². The largest absolute Gasteiger partial charge is 0.399 e. The van der Waals surface area contributed by atoms with Crippen LogP contribution in [0.3, 0.4) is 0 Å². The van der Waals surface area contributed by atoms with E-state index in [9.17, 15) is 42.1 Å². The first kappa shape index (κ1) is 39.0. The van der Waals surface area contributed by atoms with Crippen LogP contribution in [-0.2, 0) is 40.7 Å². The number of hydrogen-bond acceptors (Lipinski definition) is 7. The fourth-order valence-corrected chi connectivity index (χ4v) is 7.08. The first-order chi connectivity index (χ1) is 25.0. The molecule has 0 unspecified atom stereocenters. The lowest BCUT2D eigenvalue weighted by atomic mass is 10.1. The second-order valence-corrected chi connectivity index (χ2v) is 14.8. The Balaban J connectivity index is 1.35. The molecule has 0 radical (unpaired) electrons. The van der Waals surface area contributed by atoms with Crippen molar-refractivity contribution in [3.8, 4) is 0 Å². The standard InChI is InChI=1S/C34H40F2N7O9P/c1-19(44)42-14-13-23-8-11-28(32(48)40-25(10-12-29(37)45)30(46)38-17-20-5-3-2-4-6-20)43(23)33(49)27(18-42)41-31(47)26-16-21-15-22(7-9-24(21)39-26)34(35,36)53(50,51)52/h2-7,9,15-16,23,25,27-28,39H,8,10-14,17-18H2,1H3,(H2,37,45)(H,38,46)(H,40,48)(H,41,47)(H2,50,51,52)/t23-,25+,27+,28+/m1/s1. The number of halogens is 2. The maximum Gasteiger partial charge on any atom is 0.399 e. The molecule has 0 aliphatic carbocycles. The number of aromatic amines is 1. The number of primary amides is 1. The molecule has 0 bridgehead atoms. The van der Waals surface area contributed by atoms with Crippen LogP contribution in [0.1, 0.15) is 60.6 Å². The second kappa shape index (κ2) is 15.8. The third kappa shape index (κ3) is 8.89. The Hall–Kier alpha value is -5.19. The lowest BCUT2D eigenvalue weighted by Gasteiger charge is -2.38. The number of aromatic nitrogens is 1. The van der Waals surface area contributed by atoms with E-state index in [1.807, 2.05) is 6.07 Å². The molecule has 284 valence electrons. The molecule has 0 spiro atoms. The molecule has 3 aromatic rings. The molecule has 19 heteroatoms. The summed E-state index contributed by atoms with van der Waals surface area (Å²) in [4.78, 5) is 103.